The first-order chi connectivity index (χ1) is 17.8. The van der Waals surface area contributed by atoms with Crippen LogP contribution in [-0.4, -0.2) is 46.1 Å². The molecule has 0 aliphatic heterocycles. The Morgan fingerprint density at radius 1 is 0.789 bits per heavy atom. The summed E-state index contributed by atoms with van der Waals surface area (Å²) in [5.74, 6) is 0.945. The molecular formula is C27H26BrClN2O7. The summed E-state index contributed by atoms with van der Waals surface area (Å²) in [6.45, 7) is 0. The highest BCUT2D eigenvalue weighted by Gasteiger charge is 2.27. The van der Waals surface area contributed by atoms with E-state index in [1.807, 2.05) is 0 Å². The molecule has 0 fully saturated rings. The average molecular weight is 606 g/mol. The van der Waals surface area contributed by atoms with Crippen LogP contribution in [-0.2, 0) is 4.74 Å². The van der Waals surface area contributed by atoms with Crippen LogP contribution in [0.5, 0.6) is 23.0 Å². The van der Waals surface area contributed by atoms with Crippen molar-refractivity contribution in [1.29, 1.82) is 0 Å². The number of ether oxygens (including phenoxy) is 5. The third-order valence-electron chi connectivity index (χ3n) is 5.95. The molecule has 0 unspecified atom stereocenters. The van der Waals surface area contributed by atoms with Crippen molar-refractivity contribution in [2.24, 2.45) is 0 Å². The van der Waals surface area contributed by atoms with Crippen molar-refractivity contribution >= 4 is 50.8 Å². The Morgan fingerprint density at radius 2 is 1.29 bits per heavy atom. The van der Waals surface area contributed by atoms with E-state index in [2.05, 4.69) is 15.9 Å². The number of nitrogen functional groups attached to an aromatic ring is 1. The first-order valence-corrected chi connectivity index (χ1v) is 11.8. The summed E-state index contributed by atoms with van der Waals surface area (Å²) >= 11 is 3.49. The van der Waals surface area contributed by atoms with Gasteiger partial charge in [-0.1, -0.05) is 0 Å². The predicted molar refractivity (Wildman–Crippen MR) is 152 cm³/mol. The van der Waals surface area contributed by atoms with Crippen LogP contribution in [0.3, 0.4) is 0 Å². The van der Waals surface area contributed by atoms with Gasteiger partial charge in [-0.25, -0.2) is 4.79 Å². The number of nitrogens with two attached hydrogens (primary N) is 1. The normalized spacial score (nSPS) is 10.5. The molecule has 4 aromatic rings. The largest absolute Gasteiger partial charge is 0.495 e. The Bertz CT molecular complexity index is 1540. The van der Waals surface area contributed by atoms with Crippen LogP contribution in [0.4, 0.5) is 5.69 Å². The van der Waals surface area contributed by atoms with Gasteiger partial charge in [0.25, 0.3) is 5.56 Å². The fraction of sp³-hybridized carbons (Fsp3) is 0.185. The van der Waals surface area contributed by atoms with Crippen molar-refractivity contribution in [2.45, 2.75) is 0 Å². The van der Waals surface area contributed by atoms with Gasteiger partial charge in [0.05, 0.1) is 40.9 Å². The molecule has 11 heteroatoms. The number of carbonyl (C=O) groups excluding carboxylic acids is 1. The van der Waals surface area contributed by atoms with E-state index in [1.54, 1.807) is 48.5 Å². The Kier molecular flexibility index (Phi) is 8.80. The Morgan fingerprint density at radius 3 is 1.76 bits per heavy atom. The van der Waals surface area contributed by atoms with Crippen molar-refractivity contribution in [2.75, 3.05) is 41.3 Å². The zero-order chi connectivity index (χ0) is 26.9. The van der Waals surface area contributed by atoms with Gasteiger partial charge >= 0.3 is 5.97 Å². The number of rotatable bonds is 7. The van der Waals surface area contributed by atoms with E-state index < -0.39 is 11.5 Å². The maximum Gasteiger partial charge on any atom is 0.355 e. The molecule has 38 heavy (non-hydrogen) atoms. The van der Waals surface area contributed by atoms with Gasteiger partial charge in [-0.2, -0.15) is 0 Å². The van der Waals surface area contributed by atoms with Crippen LogP contribution >= 0.6 is 28.3 Å². The third-order valence-corrected chi connectivity index (χ3v) is 6.73. The fourth-order valence-corrected chi connectivity index (χ4v) is 4.74. The molecule has 3 aromatic carbocycles. The Labute approximate surface area is 233 Å². The number of carbonyl (C=O) groups is 1. The molecule has 2 N–H and O–H groups in total. The molecule has 0 bridgehead atoms. The maximum absolute atomic E-state index is 14.0. The van der Waals surface area contributed by atoms with Crippen molar-refractivity contribution in [1.82, 2.24) is 4.57 Å². The van der Waals surface area contributed by atoms with Gasteiger partial charge < -0.3 is 29.4 Å². The number of methoxy groups -OCH3 is 5. The molecule has 0 atom stereocenters. The molecule has 0 aliphatic rings. The van der Waals surface area contributed by atoms with E-state index in [0.717, 1.165) is 0 Å². The summed E-state index contributed by atoms with van der Waals surface area (Å²) in [4.78, 5) is 27.4. The molecular weight excluding hydrogens is 580 g/mol. The van der Waals surface area contributed by atoms with Crippen LogP contribution in [0.1, 0.15) is 10.5 Å². The fourth-order valence-electron chi connectivity index (χ4n) is 4.19. The molecule has 4 rings (SSSR count). The summed E-state index contributed by atoms with van der Waals surface area (Å²) in [6.07, 6.45) is 0. The standard InChI is InChI=1S/C27H25BrN2O7.ClH/c1-33-19-12-17-18(13-20(19)34-2)26(31)30(16-8-6-15(29)7-9-16)25(27(32)37-5)23(17)14-10-21(35-3)24(28)22(11-14)36-4;/h6-13H,29H2,1-5H3;1H. The topological polar surface area (TPSA) is 111 Å². The van der Waals surface area contributed by atoms with Crippen molar-refractivity contribution < 1.29 is 28.5 Å². The van der Waals surface area contributed by atoms with Crippen LogP contribution in [0.15, 0.2) is 57.8 Å². The highest BCUT2D eigenvalue weighted by atomic mass is 79.9. The monoisotopic (exact) mass is 604 g/mol. The lowest BCUT2D eigenvalue weighted by atomic mass is 9.95. The number of halogens is 2. The predicted octanol–water partition coefficient (Wildman–Crippen LogP) is 5.25. The molecule has 200 valence electrons. The molecule has 0 spiro atoms. The van der Waals surface area contributed by atoms with Gasteiger partial charge in [0, 0.05) is 22.3 Å². The highest BCUT2D eigenvalue weighted by molar-refractivity contribution is 9.10. The van der Waals surface area contributed by atoms with E-state index in [9.17, 15) is 9.59 Å². The van der Waals surface area contributed by atoms with E-state index in [1.165, 1.54) is 40.1 Å². The number of hydrogen-bond acceptors (Lipinski definition) is 8. The number of pyridine rings is 1. The smallest absolute Gasteiger partial charge is 0.355 e. The van der Waals surface area contributed by atoms with Gasteiger partial charge in [-0.3, -0.25) is 9.36 Å². The molecule has 0 radical (unpaired) electrons. The Hall–Kier alpha value is -3.89. The molecule has 0 saturated heterocycles. The number of anilines is 1. The first-order valence-electron chi connectivity index (χ1n) is 11.0. The van der Waals surface area contributed by atoms with E-state index in [0.29, 0.717) is 55.4 Å². The third kappa shape index (κ3) is 4.84. The number of hydrogen-bond donors (Lipinski definition) is 1. The van der Waals surface area contributed by atoms with Crippen molar-refractivity contribution in [3.05, 3.63) is 69.1 Å². The number of aromatic nitrogens is 1. The summed E-state index contributed by atoms with van der Waals surface area (Å²) in [5.41, 5.74) is 7.31. The van der Waals surface area contributed by atoms with Crippen molar-refractivity contribution in [3.8, 4) is 39.8 Å². The minimum absolute atomic E-state index is 0. The second-order valence-electron chi connectivity index (χ2n) is 7.89. The number of nitrogens with zero attached hydrogens (tertiary/aromatic N) is 1. The Balaban J connectivity index is 0.00000400. The minimum Gasteiger partial charge on any atom is -0.495 e. The van der Waals surface area contributed by atoms with Crippen LogP contribution in [0.25, 0.3) is 27.6 Å². The van der Waals surface area contributed by atoms with E-state index in [4.69, 9.17) is 29.4 Å². The van der Waals surface area contributed by atoms with Gasteiger partial charge in [0.1, 0.15) is 21.7 Å². The second-order valence-corrected chi connectivity index (χ2v) is 8.69. The lowest BCUT2D eigenvalue weighted by molar-refractivity contribution is 0.0591. The number of benzene rings is 3. The van der Waals surface area contributed by atoms with Gasteiger partial charge in [-0.15, -0.1) is 12.4 Å². The molecule has 0 saturated carbocycles. The molecule has 1 heterocycles. The van der Waals surface area contributed by atoms with Crippen molar-refractivity contribution in [3.63, 3.8) is 0 Å². The maximum atomic E-state index is 14.0. The molecule has 0 amide bonds. The van der Waals surface area contributed by atoms with Gasteiger partial charge in [0.2, 0.25) is 0 Å². The molecule has 1 aromatic heterocycles. The SMILES string of the molecule is COC(=O)c1c(-c2cc(OC)c(Br)c(OC)c2)c2cc(OC)c(OC)cc2c(=O)n1-c1ccc(N)cc1.Cl. The lowest BCUT2D eigenvalue weighted by Crippen LogP contribution is -2.27. The second kappa shape index (κ2) is 11.7. The van der Waals surface area contributed by atoms with E-state index >= 15 is 0 Å². The van der Waals surface area contributed by atoms with E-state index in [-0.39, 0.29) is 23.5 Å². The molecule has 0 aliphatic carbocycles. The molecule has 9 nitrogen and oxygen atoms in total. The number of esters is 1. The first kappa shape index (κ1) is 28.7. The van der Waals surface area contributed by atoms with Gasteiger partial charge in [0.15, 0.2) is 11.5 Å². The zero-order valence-electron chi connectivity index (χ0n) is 21.3. The average Bonchev–Trinajstić information content (AvgIpc) is 2.92. The summed E-state index contributed by atoms with van der Waals surface area (Å²) < 4.78 is 29.2. The summed E-state index contributed by atoms with van der Waals surface area (Å²) in [7, 11) is 7.27. The van der Waals surface area contributed by atoms with Crippen LogP contribution in [0.2, 0.25) is 0 Å². The summed E-state index contributed by atoms with van der Waals surface area (Å²) in [6, 6.07) is 13.3. The van der Waals surface area contributed by atoms with Gasteiger partial charge in [-0.05, 0) is 70.0 Å². The van der Waals surface area contributed by atoms with Crippen LogP contribution in [0, 0.1) is 0 Å². The quantitative estimate of drug-likeness (QED) is 0.225. The lowest BCUT2D eigenvalue weighted by Gasteiger charge is -2.21. The highest BCUT2D eigenvalue weighted by Crippen LogP contribution is 2.43. The van der Waals surface area contributed by atoms with Crippen LogP contribution < -0.4 is 30.2 Å². The number of fused-ring (bicyclic) bond motifs is 1. The minimum atomic E-state index is -0.721. The zero-order valence-corrected chi connectivity index (χ0v) is 23.7. The summed E-state index contributed by atoms with van der Waals surface area (Å²) in [5, 5.41) is 0.735.